The maximum Gasteiger partial charge on any atom is 0.249 e. The fourth-order valence-corrected chi connectivity index (χ4v) is 3.93. The lowest BCUT2D eigenvalue weighted by molar-refractivity contribution is -0.118. The van der Waals surface area contributed by atoms with Crippen LogP contribution in [0, 0.1) is 0 Å². The third kappa shape index (κ3) is 4.28. The lowest BCUT2D eigenvalue weighted by atomic mass is 9.99. The molecule has 7 nitrogen and oxygen atoms in total. The van der Waals surface area contributed by atoms with Gasteiger partial charge in [0.25, 0.3) is 0 Å². The van der Waals surface area contributed by atoms with Gasteiger partial charge >= 0.3 is 0 Å². The van der Waals surface area contributed by atoms with E-state index >= 15 is 0 Å². The molecule has 0 bridgehead atoms. The summed E-state index contributed by atoms with van der Waals surface area (Å²) in [6.45, 7) is 5.44. The van der Waals surface area contributed by atoms with Crippen LogP contribution in [-0.2, 0) is 9.59 Å². The molecular formula is C20H26BrN5O2. The molecule has 0 aromatic carbocycles. The zero-order valence-electron chi connectivity index (χ0n) is 16.6. The Morgan fingerprint density at radius 1 is 1.43 bits per heavy atom. The normalized spacial score (nSPS) is 22.5. The van der Waals surface area contributed by atoms with Crippen molar-refractivity contribution in [3.05, 3.63) is 45.2 Å². The van der Waals surface area contributed by atoms with E-state index in [1.54, 1.807) is 6.20 Å². The Bertz CT molecular complexity index is 862. The number of amides is 2. The van der Waals surface area contributed by atoms with Crippen LogP contribution < -0.4 is 16.0 Å². The number of hydrogen-bond acceptors (Lipinski definition) is 5. The predicted octanol–water partition coefficient (Wildman–Crippen LogP) is 2.14. The molecule has 2 aliphatic rings. The largest absolute Gasteiger partial charge is 0.378 e. The summed E-state index contributed by atoms with van der Waals surface area (Å²) in [7, 11) is 4.03. The third-order valence-corrected chi connectivity index (χ3v) is 5.44. The van der Waals surface area contributed by atoms with Crippen LogP contribution in [0.5, 0.6) is 0 Å². The van der Waals surface area contributed by atoms with Crippen LogP contribution in [-0.4, -0.2) is 54.9 Å². The smallest absolute Gasteiger partial charge is 0.249 e. The lowest BCUT2D eigenvalue weighted by Gasteiger charge is -2.12. The number of hydrogen-bond donors (Lipinski definition) is 3. The Labute approximate surface area is 173 Å². The molecule has 2 atom stereocenters. The first kappa shape index (κ1) is 20.5. The van der Waals surface area contributed by atoms with Crippen molar-refractivity contribution in [3.63, 3.8) is 0 Å². The van der Waals surface area contributed by atoms with Crippen LogP contribution in [0.4, 0.5) is 5.82 Å². The van der Waals surface area contributed by atoms with Gasteiger partial charge in [-0.2, -0.15) is 0 Å². The van der Waals surface area contributed by atoms with Crippen molar-refractivity contribution in [2.45, 2.75) is 32.2 Å². The zero-order chi connectivity index (χ0) is 20.4. The maximum absolute atomic E-state index is 12.7. The van der Waals surface area contributed by atoms with E-state index in [2.05, 4.69) is 41.8 Å². The van der Waals surface area contributed by atoms with Crippen molar-refractivity contribution in [2.75, 3.05) is 32.5 Å². The minimum absolute atomic E-state index is 0.0552. The van der Waals surface area contributed by atoms with E-state index in [0.29, 0.717) is 12.4 Å². The Morgan fingerprint density at radius 2 is 2.18 bits per heavy atom. The molecule has 8 heteroatoms. The maximum atomic E-state index is 12.7. The number of fused-ring (bicyclic) bond motifs is 1. The van der Waals surface area contributed by atoms with Crippen LogP contribution in [0.1, 0.15) is 31.7 Å². The average molecular weight is 448 g/mol. The Morgan fingerprint density at radius 3 is 2.89 bits per heavy atom. The number of aromatic nitrogens is 1. The Balaban J connectivity index is 1.78. The highest BCUT2D eigenvalue weighted by atomic mass is 79.9. The highest BCUT2D eigenvalue weighted by Gasteiger charge is 2.33. The molecule has 2 amide bonds. The van der Waals surface area contributed by atoms with Gasteiger partial charge in [0.1, 0.15) is 5.82 Å². The summed E-state index contributed by atoms with van der Waals surface area (Å²) < 4.78 is 0.823. The van der Waals surface area contributed by atoms with Gasteiger partial charge in [0, 0.05) is 34.0 Å². The van der Waals surface area contributed by atoms with Gasteiger partial charge in [0.05, 0.1) is 12.0 Å². The van der Waals surface area contributed by atoms with E-state index < -0.39 is 5.92 Å². The lowest BCUT2D eigenvalue weighted by Crippen LogP contribution is -2.33. The van der Waals surface area contributed by atoms with E-state index in [0.717, 1.165) is 39.8 Å². The van der Waals surface area contributed by atoms with E-state index in [1.165, 1.54) is 0 Å². The number of pyridine rings is 1. The molecule has 2 aliphatic heterocycles. The molecule has 0 spiro atoms. The van der Waals surface area contributed by atoms with Gasteiger partial charge in [-0.3, -0.25) is 9.59 Å². The number of halogens is 1. The van der Waals surface area contributed by atoms with Gasteiger partial charge in [0.2, 0.25) is 11.8 Å². The van der Waals surface area contributed by atoms with Crippen molar-refractivity contribution < 1.29 is 9.59 Å². The van der Waals surface area contributed by atoms with E-state index in [9.17, 15) is 9.59 Å². The number of nitrogens with one attached hydrogen (secondary N) is 3. The molecule has 0 saturated carbocycles. The summed E-state index contributed by atoms with van der Waals surface area (Å²) in [5.41, 5.74) is 3.25. The molecule has 2 unspecified atom stereocenters. The zero-order valence-corrected chi connectivity index (χ0v) is 18.2. The monoisotopic (exact) mass is 447 g/mol. The second kappa shape index (κ2) is 8.45. The molecule has 28 heavy (non-hydrogen) atoms. The van der Waals surface area contributed by atoms with Gasteiger partial charge in [-0.05, 0) is 74.6 Å². The minimum Gasteiger partial charge on any atom is -0.378 e. The summed E-state index contributed by atoms with van der Waals surface area (Å²) in [4.78, 5) is 31.4. The van der Waals surface area contributed by atoms with Crippen molar-refractivity contribution >= 4 is 33.6 Å². The van der Waals surface area contributed by atoms with Gasteiger partial charge in [-0.1, -0.05) is 0 Å². The van der Waals surface area contributed by atoms with Gasteiger partial charge in [-0.25, -0.2) is 4.98 Å². The number of carbonyl (C=O) groups excluding carboxylic acids is 2. The highest BCUT2D eigenvalue weighted by Crippen LogP contribution is 2.36. The van der Waals surface area contributed by atoms with Crippen molar-refractivity contribution in [2.24, 2.45) is 0 Å². The van der Waals surface area contributed by atoms with Crippen LogP contribution in [0.2, 0.25) is 0 Å². The summed E-state index contributed by atoms with van der Waals surface area (Å²) in [5, 5.41) is 9.15. The standard InChI is InChI=1S/C20H26BrN5O2/c1-11-16(9-15-14-8-13(21)10-23-18(14)25-19(15)27)24-12(2)17(11)20(28)22-6-5-7-26(3)4/h8-10,12,15,24H,5-7H2,1-4H3,(H,22,28)(H,23,25,27)/b16-9-. The van der Waals surface area contributed by atoms with Gasteiger partial charge in [-0.15, -0.1) is 0 Å². The summed E-state index contributed by atoms with van der Waals surface area (Å²) in [6.07, 6.45) is 4.44. The fourth-order valence-electron chi connectivity index (χ4n) is 3.58. The van der Waals surface area contributed by atoms with Crippen molar-refractivity contribution in [1.82, 2.24) is 20.5 Å². The molecule has 3 N–H and O–H groups in total. The second-order valence-electron chi connectivity index (χ2n) is 7.46. The number of nitrogens with zero attached hydrogens (tertiary/aromatic N) is 2. The number of rotatable bonds is 6. The molecule has 0 saturated heterocycles. The summed E-state index contributed by atoms with van der Waals surface area (Å²) in [5.74, 6) is -0.0222. The quantitative estimate of drug-likeness (QED) is 0.581. The molecule has 3 rings (SSSR count). The molecule has 150 valence electrons. The van der Waals surface area contributed by atoms with Crippen LogP contribution in [0.25, 0.3) is 0 Å². The predicted molar refractivity (Wildman–Crippen MR) is 113 cm³/mol. The van der Waals surface area contributed by atoms with Crippen LogP contribution in [0.15, 0.2) is 39.7 Å². The van der Waals surface area contributed by atoms with Crippen LogP contribution in [0.3, 0.4) is 0 Å². The first-order chi connectivity index (χ1) is 13.3. The molecular weight excluding hydrogens is 422 g/mol. The van der Waals surface area contributed by atoms with Crippen LogP contribution >= 0.6 is 15.9 Å². The van der Waals surface area contributed by atoms with E-state index in [-0.39, 0.29) is 17.9 Å². The Kier molecular flexibility index (Phi) is 6.20. The fraction of sp³-hybridized carbons (Fsp3) is 0.450. The van der Waals surface area contributed by atoms with E-state index in [1.807, 2.05) is 40.1 Å². The number of allylic oxidation sites excluding steroid dienone is 1. The minimum atomic E-state index is -0.438. The average Bonchev–Trinajstić information content (AvgIpc) is 3.08. The molecule has 0 radical (unpaired) electrons. The number of anilines is 1. The van der Waals surface area contributed by atoms with Crippen molar-refractivity contribution in [1.29, 1.82) is 0 Å². The molecule has 1 aromatic rings. The van der Waals surface area contributed by atoms with E-state index in [4.69, 9.17) is 0 Å². The topological polar surface area (TPSA) is 86.4 Å². The Hall–Kier alpha value is -2.19. The molecule has 0 aliphatic carbocycles. The summed E-state index contributed by atoms with van der Waals surface area (Å²) >= 11 is 3.41. The van der Waals surface area contributed by atoms with Gasteiger partial charge < -0.3 is 20.9 Å². The molecule has 1 aromatic heterocycles. The second-order valence-corrected chi connectivity index (χ2v) is 8.37. The molecule has 0 fully saturated rings. The van der Waals surface area contributed by atoms with Crippen molar-refractivity contribution in [3.8, 4) is 0 Å². The first-order valence-corrected chi connectivity index (χ1v) is 10.2. The van der Waals surface area contributed by atoms with Gasteiger partial charge in [0.15, 0.2) is 0 Å². The SMILES string of the molecule is CC1=C(C(=O)NCCCN(C)C)C(C)N/C1=C\C1C(=O)Nc2ncc(Br)cc21. The highest BCUT2D eigenvalue weighted by molar-refractivity contribution is 9.10. The first-order valence-electron chi connectivity index (χ1n) is 9.36. The third-order valence-electron chi connectivity index (χ3n) is 5.00. The number of carbonyl (C=O) groups is 2. The summed E-state index contributed by atoms with van der Waals surface area (Å²) in [6, 6.07) is 1.79. The molecule has 3 heterocycles.